The maximum atomic E-state index is 12.7. The highest BCUT2D eigenvalue weighted by Crippen LogP contribution is 2.34. The largest absolute Gasteiger partial charge is 0.387 e. The molecule has 1 aliphatic heterocycles. The van der Waals surface area contributed by atoms with Gasteiger partial charge in [-0.25, -0.2) is 15.0 Å². The zero-order valence-corrected chi connectivity index (χ0v) is 18.0. The molecular formula is C24H23N5O5. The number of anilines is 1. The van der Waals surface area contributed by atoms with Crippen molar-refractivity contribution in [3.8, 4) is 0 Å². The van der Waals surface area contributed by atoms with Gasteiger partial charge in [0, 0.05) is 12.1 Å². The number of fused-ring (bicyclic) bond motifs is 1. The van der Waals surface area contributed by atoms with Crippen LogP contribution < -0.4 is 5.32 Å². The van der Waals surface area contributed by atoms with Crippen LogP contribution in [0.15, 0.2) is 73.3 Å². The maximum Gasteiger partial charge on any atom is 0.194 e. The summed E-state index contributed by atoms with van der Waals surface area (Å²) < 4.78 is 7.24. The first-order valence-corrected chi connectivity index (χ1v) is 10.8. The van der Waals surface area contributed by atoms with E-state index in [0.29, 0.717) is 23.5 Å². The van der Waals surface area contributed by atoms with Crippen molar-refractivity contribution in [1.82, 2.24) is 19.5 Å². The Labute approximate surface area is 194 Å². The van der Waals surface area contributed by atoms with Crippen LogP contribution in [0, 0.1) is 0 Å². The van der Waals surface area contributed by atoms with Crippen LogP contribution in [0.25, 0.3) is 11.2 Å². The number of benzene rings is 2. The van der Waals surface area contributed by atoms with Crippen molar-refractivity contribution >= 4 is 22.8 Å². The number of imidazole rings is 1. The summed E-state index contributed by atoms with van der Waals surface area (Å²) in [6, 6.07) is 18.0. The molecular weight excluding hydrogens is 438 g/mol. The van der Waals surface area contributed by atoms with Crippen LogP contribution in [-0.2, 0) is 11.3 Å². The lowest BCUT2D eigenvalue weighted by Crippen LogP contribution is -2.42. The zero-order chi connectivity index (χ0) is 23.7. The summed E-state index contributed by atoms with van der Waals surface area (Å²) in [5.74, 6) is -0.112. The van der Waals surface area contributed by atoms with Gasteiger partial charge in [-0.1, -0.05) is 60.7 Å². The molecule has 34 heavy (non-hydrogen) atoms. The Morgan fingerprint density at radius 1 is 1.00 bits per heavy atom. The number of aliphatic hydroxyl groups is 3. The molecule has 4 aromatic rings. The number of carbonyl (C=O) groups excluding carboxylic acids is 1. The van der Waals surface area contributed by atoms with E-state index in [1.54, 1.807) is 30.3 Å². The van der Waals surface area contributed by atoms with Crippen LogP contribution in [0.1, 0.15) is 22.1 Å². The van der Waals surface area contributed by atoms with Gasteiger partial charge in [0.05, 0.1) is 6.33 Å². The van der Waals surface area contributed by atoms with Crippen molar-refractivity contribution in [3.05, 3.63) is 84.4 Å². The van der Waals surface area contributed by atoms with Crippen LogP contribution in [0.2, 0.25) is 0 Å². The van der Waals surface area contributed by atoms with E-state index < -0.39 is 36.4 Å². The van der Waals surface area contributed by atoms with Gasteiger partial charge in [0.1, 0.15) is 30.7 Å². The van der Waals surface area contributed by atoms with E-state index in [2.05, 4.69) is 20.3 Å². The molecule has 10 nitrogen and oxygen atoms in total. The third-order valence-electron chi connectivity index (χ3n) is 5.85. The fourth-order valence-corrected chi connectivity index (χ4v) is 4.05. The van der Waals surface area contributed by atoms with Gasteiger partial charge in [-0.3, -0.25) is 9.36 Å². The fraction of sp³-hybridized carbons (Fsp3) is 0.250. The number of ether oxygens (including phenoxy) is 1. The summed E-state index contributed by atoms with van der Waals surface area (Å²) >= 11 is 0. The highest BCUT2D eigenvalue weighted by Gasteiger charge is 2.49. The maximum absolute atomic E-state index is 12.7. The number of nitrogens with zero attached hydrogens (tertiary/aromatic N) is 4. The van der Waals surface area contributed by atoms with Gasteiger partial charge in [-0.15, -0.1) is 0 Å². The standard InChI is InChI=1S/C24H23N5O5/c30-17(15-9-5-2-6-10-15)18(31)21-19(32)20(33)24(34-21)29-13-28-16-22(26-12-27-23(16)29)25-11-14-7-3-1-4-8-14/h1-10,12-13,18-21,24,31-33H,11H2,(H,25,26,27)/t18?,19-,20+,21+,24+/m0/s1. The van der Waals surface area contributed by atoms with Crippen LogP contribution in [0.4, 0.5) is 5.82 Å². The van der Waals surface area contributed by atoms with E-state index in [1.165, 1.54) is 17.2 Å². The second-order valence-electron chi connectivity index (χ2n) is 8.03. The SMILES string of the molecule is O=C(c1ccccc1)C(O)[C@H]1O[C@@H](n2cnc3c(NCc4ccccc4)ncnc32)[C@H](O)[C@@H]1O. The number of nitrogens with one attached hydrogen (secondary N) is 1. The Balaban J connectivity index is 1.38. The van der Waals surface area contributed by atoms with Crippen molar-refractivity contribution in [2.45, 2.75) is 37.2 Å². The summed E-state index contributed by atoms with van der Waals surface area (Å²) in [6.07, 6.45) is -4.25. The third kappa shape index (κ3) is 4.03. The second kappa shape index (κ2) is 9.27. The Kier molecular flexibility index (Phi) is 6.03. The minimum Gasteiger partial charge on any atom is -0.387 e. The molecule has 0 saturated carbocycles. The molecule has 0 spiro atoms. The van der Waals surface area contributed by atoms with Crippen molar-refractivity contribution in [3.63, 3.8) is 0 Å². The molecule has 3 heterocycles. The highest BCUT2D eigenvalue weighted by molar-refractivity contribution is 5.99. The summed E-state index contributed by atoms with van der Waals surface area (Å²) in [4.78, 5) is 25.5. The fourth-order valence-electron chi connectivity index (χ4n) is 4.05. The average Bonchev–Trinajstić information content (AvgIpc) is 3.44. The van der Waals surface area contributed by atoms with Crippen molar-refractivity contribution in [2.24, 2.45) is 0 Å². The summed E-state index contributed by atoms with van der Waals surface area (Å²) in [6.45, 7) is 0.525. The average molecular weight is 461 g/mol. The molecule has 2 aromatic heterocycles. The Hall–Kier alpha value is -3.70. The van der Waals surface area contributed by atoms with Crippen LogP contribution >= 0.6 is 0 Å². The molecule has 0 bridgehead atoms. The van der Waals surface area contributed by atoms with Crippen molar-refractivity contribution in [1.29, 1.82) is 0 Å². The number of Topliss-reactive ketones (excluding diaryl/α,β-unsaturated/α-hetero) is 1. The van der Waals surface area contributed by atoms with Gasteiger partial charge in [0.15, 0.2) is 29.0 Å². The number of carbonyl (C=O) groups is 1. The topological polar surface area (TPSA) is 143 Å². The molecule has 1 unspecified atom stereocenters. The number of rotatable bonds is 7. The number of hydrogen-bond acceptors (Lipinski definition) is 9. The molecule has 1 fully saturated rings. The summed E-state index contributed by atoms with van der Waals surface area (Å²) in [5, 5.41) is 35.1. The lowest BCUT2D eigenvalue weighted by molar-refractivity contribution is -0.0725. The summed E-state index contributed by atoms with van der Waals surface area (Å²) in [7, 11) is 0. The van der Waals surface area contributed by atoms with E-state index in [4.69, 9.17) is 4.74 Å². The molecule has 5 atom stereocenters. The minimum absolute atomic E-state index is 0.277. The lowest BCUT2D eigenvalue weighted by Gasteiger charge is -2.20. The molecule has 0 radical (unpaired) electrons. The molecule has 1 saturated heterocycles. The van der Waals surface area contributed by atoms with E-state index in [0.717, 1.165) is 5.56 Å². The van der Waals surface area contributed by atoms with E-state index in [-0.39, 0.29) is 5.56 Å². The van der Waals surface area contributed by atoms with E-state index in [9.17, 15) is 20.1 Å². The van der Waals surface area contributed by atoms with E-state index >= 15 is 0 Å². The summed E-state index contributed by atoms with van der Waals surface area (Å²) in [5.41, 5.74) is 2.16. The predicted octanol–water partition coefficient (Wildman–Crippen LogP) is 1.30. The van der Waals surface area contributed by atoms with Crippen LogP contribution in [-0.4, -0.2) is 65.0 Å². The van der Waals surface area contributed by atoms with Gasteiger partial charge < -0.3 is 25.4 Å². The molecule has 1 aliphatic rings. The number of aliphatic hydroxyl groups excluding tert-OH is 3. The molecule has 5 rings (SSSR count). The monoisotopic (exact) mass is 461 g/mol. The third-order valence-corrected chi connectivity index (χ3v) is 5.85. The zero-order valence-electron chi connectivity index (χ0n) is 18.0. The Morgan fingerprint density at radius 3 is 2.44 bits per heavy atom. The van der Waals surface area contributed by atoms with Crippen molar-refractivity contribution in [2.75, 3.05) is 5.32 Å². The van der Waals surface area contributed by atoms with Crippen LogP contribution in [0.5, 0.6) is 0 Å². The van der Waals surface area contributed by atoms with Gasteiger partial charge >= 0.3 is 0 Å². The predicted molar refractivity (Wildman–Crippen MR) is 122 cm³/mol. The van der Waals surface area contributed by atoms with Gasteiger partial charge in [-0.2, -0.15) is 0 Å². The normalized spacial score (nSPS) is 23.1. The lowest BCUT2D eigenvalue weighted by atomic mass is 9.98. The van der Waals surface area contributed by atoms with Crippen molar-refractivity contribution < 1.29 is 24.9 Å². The van der Waals surface area contributed by atoms with Crippen LogP contribution in [0.3, 0.4) is 0 Å². The Morgan fingerprint density at radius 2 is 1.71 bits per heavy atom. The smallest absolute Gasteiger partial charge is 0.194 e. The molecule has 0 amide bonds. The minimum atomic E-state index is -1.66. The molecule has 4 N–H and O–H groups in total. The quantitative estimate of drug-likeness (QED) is 0.300. The molecule has 10 heteroatoms. The number of aromatic nitrogens is 4. The number of ketones is 1. The number of hydrogen-bond donors (Lipinski definition) is 4. The first-order chi connectivity index (χ1) is 16.5. The van der Waals surface area contributed by atoms with Gasteiger partial charge in [0.2, 0.25) is 0 Å². The Bertz CT molecular complexity index is 1280. The molecule has 0 aliphatic carbocycles. The van der Waals surface area contributed by atoms with Gasteiger partial charge in [0.25, 0.3) is 0 Å². The first kappa shape index (κ1) is 22.1. The highest BCUT2D eigenvalue weighted by atomic mass is 16.6. The second-order valence-corrected chi connectivity index (χ2v) is 8.03. The molecule has 2 aromatic carbocycles. The first-order valence-electron chi connectivity index (χ1n) is 10.8. The van der Waals surface area contributed by atoms with E-state index in [1.807, 2.05) is 30.3 Å². The van der Waals surface area contributed by atoms with Gasteiger partial charge in [-0.05, 0) is 5.56 Å². The molecule has 174 valence electrons.